The zero-order valence-electron chi connectivity index (χ0n) is 13.7. The van der Waals surface area contributed by atoms with Gasteiger partial charge in [0, 0.05) is 5.41 Å². The van der Waals surface area contributed by atoms with E-state index in [9.17, 15) is 13.5 Å². The minimum absolute atomic E-state index is 0.00233. The number of aryl methyl sites for hydroxylation is 1. The topological polar surface area (TPSA) is 89.6 Å². The summed E-state index contributed by atoms with van der Waals surface area (Å²) in [6, 6.07) is 5.40. The molecule has 6 heteroatoms. The van der Waals surface area contributed by atoms with Crippen LogP contribution < -0.4 is 9.32 Å². The molecule has 0 aromatic heterocycles. The maximum Gasteiger partial charge on any atom is 0.380 e. The van der Waals surface area contributed by atoms with Crippen LogP contribution in [-0.2, 0) is 16.7 Å². The molecule has 0 heterocycles. The fourth-order valence-electron chi connectivity index (χ4n) is 5.11. The molecular weight excluding hydrogens is 326 g/mol. The second kappa shape index (κ2) is 5.31. The average molecular weight is 349 g/mol. The fraction of sp³-hybridized carbons (Fsp3) is 0.556. The predicted octanol–water partition coefficient (Wildman–Crippen LogP) is 2.40. The van der Waals surface area contributed by atoms with E-state index in [4.69, 9.17) is 9.32 Å². The van der Waals surface area contributed by atoms with Gasteiger partial charge in [0.05, 0.1) is 6.10 Å². The molecule has 0 saturated heterocycles. The standard InChI is InChI=1S/C18H23NO4S/c1-18-9-8-14-13-5-3-12(23-24(19,21)22)10-11(13)2-4-15(14)16(18)6-7-17(18)20/h3,5,8,10,15-17,20H,2,4,6-7,9H2,1H3,(H2,19,21,22)/t15-,16+,17?,18+/m1/s1. The van der Waals surface area contributed by atoms with Gasteiger partial charge in [-0.1, -0.05) is 19.1 Å². The van der Waals surface area contributed by atoms with Crippen molar-refractivity contribution in [2.24, 2.45) is 22.4 Å². The zero-order chi connectivity index (χ0) is 17.1. The van der Waals surface area contributed by atoms with Gasteiger partial charge in [0.25, 0.3) is 0 Å². The van der Waals surface area contributed by atoms with Crippen molar-refractivity contribution in [1.29, 1.82) is 0 Å². The predicted molar refractivity (Wildman–Crippen MR) is 91.4 cm³/mol. The molecule has 130 valence electrons. The summed E-state index contributed by atoms with van der Waals surface area (Å²) in [7, 11) is -4.00. The van der Waals surface area contributed by atoms with Crippen LogP contribution >= 0.6 is 0 Å². The number of rotatable bonds is 2. The van der Waals surface area contributed by atoms with Gasteiger partial charge in [-0.15, -0.1) is 0 Å². The fourth-order valence-corrected chi connectivity index (χ4v) is 5.48. The van der Waals surface area contributed by atoms with E-state index in [1.807, 2.05) is 6.07 Å². The Morgan fingerprint density at radius 3 is 2.83 bits per heavy atom. The van der Waals surface area contributed by atoms with E-state index in [0.29, 0.717) is 11.8 Å². The monoisotopic (exact) mass is 349 g/mol. The summed E-state index contributed by atoms with van der Waals surface area (Å²) in [6.45, 7) is 2.22. The lowest BCUT2D eigenvalue weighted by Gasteiger charge is -2.45. The van der Waals surface area contributed by atoms with Crippen molar-refractivity contribution in [2.45, 2.75) is 45.1 Å². The largest absolute Gasteiger partial charge is 0.393 e. The number of benzene rings is 1. The highest BCUT2D eigenvalue weighted by Gasteiger charge is 2.51. The quantitative estimate of drug-likeness (QED) is 0.858. The van der Waals surface area contributed by atoms with Crippen molar-refractivity contribution in [2.75, 3.05) is 0 Å². The second-order valence-corrected chi connectivity index (χ2v) is 8.76. The normalized spacial score (nSPS) is 34.8. The third-order valence-electron chi connectivity index (χ3n) is 6.33. The molecule has 0 spiro atoms. The van der Waals surface area contributed by atoms with Crippen LogP contribution in [0.5, 0.6) is 5.75 Å². The van der Waals surface area contributed by atoms with Crippen molar-refractivity contribution >= 4 is 15.9 Å². The summed E-state index contributed by atoms with van der Waals surface area (Å²) in [4.78, 5) is 0. The first-order valence-electron chi connectivity index (χ1n) is 8.51. The SMILES string of the molecule is C[C@]12CC=C3c4ccc(OS(N)(=O)=O)cc4CC[C@H]3[C@@H]1CCC2O. The third kappa shape index (κ3) is 2.48. The van der Waals surface area contributed by atoms with Crippen LogP contribution in [0.2, 0.25) is 0 Å². The molecule has 1 saturated carbocycles. The van der Waals surface area contributed by atoms with Gasteiger partial charge in [-0.3, -0.25) is 0 Å². The van der Waals surface area contributed by atoms with E-state index in [1.54, 1.807) is 12.1 Å². The lowest BCUT2D eigenvalue weighted by atomic mass is 9.60. The minimum Gasteiger partial charge on any atom is -0.393 e. The summed E-state index contributed by atoms with van der Waals surface area (Å²) >= 11 is 0. The van der Waals surface area contributed by atoms with E-state index in [2.05, 4.69) is 13.0 Å². The lowest BCUT2D eigenvalue weighted by Crippen LogP contribution is -2.40. The zero-order valence-corrected chi connectivity index (χ0v) is 14.6. The van der Waals surface area contributed by atoms with E-state index in [-0.39, 0.29) is 17.3 Å². The smallest absolute Gasteiger partial charge is 0.380 e. The van der Waals surface area contributed by atoms with E-state index >= 15 is 0 Å². The minimum atomic E-state index is -4.00. The van der Waals surface area contributed by atoms with Gasteiger partial charge in [0.1, 0.15) is 5.75 Å². The highest BCUT2D eigenvalue weighted by molar-refractivity contribution is 7.84. The van der Waals surface area contributed by atoms with Gasteiger partial charge in [-0.05, 0) is 72.8 Å². The molecule has 3 aliphatic carbocycles. The number of fused-ring (bicyclic) bond motifs is 5. The van der Waals surface area contributed by atoms with Gasteiger partial charge >= 0.3 is 10.3 Å². The highest BCUT2D eigenvalue weighted by atomic mass is 32.2. The molecule has 4 atom stereocenters. The van der Waals surface area contributed by atoms with Crippen LogP contribution in [0.15, 0.2) is 24.3 Å². The number of allylic oxidation sites excluding steroid dienone is 2. The molecule has 0 aliphatic heterocycles. The van der Waals surface area contributed by atoms with Crippen LogP contribution in [-0.4, -0.2) is 19.6 Å². The van der Waals surface area contributed by atoms with Gasteiger partial charge < -0.3 is 9.29 Å². The molecule has 0 bridgehead atoms. The van der Waals surface area contributed by atoms with Gasteiger partial charge in [0.2, 0.25) is 0 Å². The summed E-state index contributed by atoms with van der Waals surface area (Å²) in [5.74, 6) is 1.28. The molecule has 0 radical (unpaired) electrons. The van der Waals surface area contributed by atoms with Crippen molar-refractivity contribution < 1.29 is 17.7 Å². The molecule has 1 aromatic carbocycles. The second-order valence-electron chi connectivity index (χ2n) is 7.61. The Morgan fingerprint density at radius 2 is 2.08 bits per heavy atom. The van der Waals surface area contributed by atoms with Crippen molar-refractivity contribution in [1.82, 2.24) is 0 Å². The molecular formula is C18H23NO4S. The maximum atomic E-state index is 11.1. The summed E-state index contributed by atoms with van der Waals surface area (Å²) < 4.78 is 27.0. The number of hydrogen-bond acceptors (Lipinski definition) is 4. The Labute approximate surface area is 142 Å². The molecule has 0 amide bonds. The van der Waals surface area contributed by atoms with Crippen molar-refractivity contribution in [3.05, 3.63) is 35.4 Å². The molecule has 4 rings (SSSR count). The van der Waals surface area contributed by atoms with Crippen molar-refractivity contribution in [3.8, 4) is 5.75 Å². The van der Waals surface area contributed by atoms with Crippen molar-refractivity contribution in [3.63, 3.8) is 0 Å². The molecule has 1 unspecified atom stereocenters. The van der Waals surface area contributed by atoms with Crippen LogP contribution in [0.3, 0.4) is 0 Å². The van der Waals surface area contributed by atoms with Crippen LogP contribution in [0.4, 0.5) is 0 Å². The summed E-state index contributed by atoms with van der Waals surface area (Å²) in [5.41, 5.74) is 3.66. The molecule has 3 aliphatic rings. The molecule has 1 fully saturated rings. The van der Waals surface area contributed by atoms with Gasteiger partial charge in [-0.25, -0.2) is 0 Å². The molecule has 24 heavy (non-hydrogen) atoms. The highest BCUT2D eigenvalue weighted by Crippen LogP contribution is 2.58. The first-order valence-corrected chi connectivity index (χ1v) is 9.99. The summed E-state index contributed by atoms with van der Waals surface area (Å²) in [6.07, 6.45) is 6.89. The Bertz CT molecular complexity index is 816. The number of hydrogen-bond donors (Lipinski definition) is 2. The van der Waals surface area contributed by atoms with E-state index < -0.39 is 10.3 Å². The Balaban J connectivity index is 1.70. The number of aliphatic hydroxyl groups is 1. The Morgan fingerprint density at radius 1 is 1.29 bits per heavy atom. The molecule has 1 aromatic rings. The van der Waals surface area contributed by atoms with Crippen LogP contribution in [0, 0.1) is 17.3 Å². The van der Waals surface area contributed by atoms with Gasteiger partial charge in [-0.2, -0.15) is 13.6 Å². The average Bonchev–Trinajstić information content (AvgIpc) is 2.81. The van der Waals surface area contributed by atoms with E-state index in [1.165, 1.54) is 11.1 Å². The van der Waals surface area contributed by atoms with Crippen LogP contribution in [0.1, 0.15) is 43.7 Å². The number of aliphatic hydroxyl groups excluding tert-OH is 1. The molecule has 3 N–H and O–H groups in total. The molecule has 5 nitrogen and oxygen atoms in total. The maximum absolute atomic E-state index is 11.1. The van der Waals surface area contributed by atoms with E-state index in [0.717, 1.165) is 37.7 Å². The Kier molecular flexibility index (Phi) is 3.57. The Hall–Kier alpha value is -1.37. The number of nitrogens with two attached hydrogens (primary N) is 1. The third-order valence-corrected chi connectivity index (χ3v) is 6.76. The summed E-state index contributed by atoms with van der Waals surface area (Å²) in [5, 5.41) is 15.3. The van der Waals surface area contributed by atoms with Crippen LogP contribution in [0.25, 0.3) is 5.57 Å². The lowest BCUT2D eigenvalue weighted by molar-refractivity contribution is 0.0251. The van der Waals surface area contributed by atoms with Gasteiger partial charge in [0.15, 0.2) is 0 Å². The first-order chi connectivity index (χ1) is 11.3. The first kappa shape index (κ1) is 16.1.